The summed E-state index contributed by atoms with van der Waals surface area (Å²) in [5.41, 5.74) is 1.50. The van der Waals surface area contributed by atoms with Gasteiger partial charge in [0.2, 0.25) is 0 Å². The van der Waals surface area contributed by atoms with Gasteiger partial charge in [0.25, 0.3) is 5.69 Å². The van der Waals surface area contributed by atoms with E-state index in [1.807, 2.05) is 6.07 Å². The second-order valence-electron chi connectivity index (χ2n) is 4.94. The number of carbonyl (C=O) groups is 1. The Hall–Kier alpha value is -3.40. The van der Waals surface area contributed by atoms with Crippen molar-refractivity contribution in [3.8, 4) is 6.07 Å². The topological polar surface area (TPSA) is 119 Å². The third-order valence-corrected chi connectivity index (χ3v) is 3.19. The first kappa shape index (κ1) is 16.0. The lowest BCUT2D eigenvalue weighted by Crippen LogP contribution is -2.34. The Kier molecular flexibility index (Phi) is 4.57. The molecular formula is C16H12N3O4-. The predicted octanol–water partition coefficient (Wildman–Crippen LogP) is 1.68. The van der Waals surface area contributed by atoms with E-state index >= 15 is 0 Å². The lowest BCUT2D eigenvalue weighted by Gasteiger charge is -2.21. The van der Waals surface area contributed by atoms with E-state index in [1.54, 1.807) is 25.1 Å². The van der Waals surface area contributed by atoms with Crippen LogP contribution in [0.3, 0.4) is 0 Å². The highest BCUT2D eigenvalue weighted by molar-refractivity contribution is 5.78. The average Bonchev–Trinajstić information content (AvgIpc) is 2.52. The molecule has 1 atom stereocenters. The van der Waals surface area contributed by atoms with Gasteiger partial charge in [-0.3, -0.25) is 10.1 Å². The molecule has 7 heteroatoms. The van der Waals surface area contributed by atoms with Crippen LogP contribution >= 0.6 is 0 Å². The first-order chi connectivity index (χ1) is 10.9. The summed E-state index contributed by atoms with van der Waals surface area (Å²) in [6.07, 6.45) is 0. The molecule has 2 aromatic rings. The van der Waals surface area contributed by atoms with Crippen molar-refractivity contribution in [2.75, 3.05) is 5.32 Å². The van der Waals surface area contributed by atoms with Crippen molar-refractivity contribution in [2.24, 2.45) is 0 Å². The Morgan fingerprint density at radius 1 is 1.26 bits per heavy atom. The fourth-order valence-electron chi connectivity index (χ4n) is 2.15. The van der Waals surface area contributed by atoms with E-state index in [0.29, 0.717) is 16.8 Å². The number of benzene rings is 2. The first-order valence-corrected chi connectivity index (χ1v) is 6.64. The third-order valence-electron chi connectivity index (χ3n) is 3.19. The lowest BCUT2D eigenvalue weighted by molar-refractivity contribution is -0.385. The average molecular weight is 310 g/mol. The smallest absolute Gasteiger partial charge is 0.270 e. The fraction of sp³-hybridized carbons (Fsp3) is 0.125. The second kappa shape index (κ2) is 6.58. The van der Waals surface area contributed by atoms with Crippen LogP contribution in [0.25, 0.3) is 0 Å². The number of hydrogen-bond acceptors (Lipinski definition) is 6. The van der Waals surface area contributed by atoms with E-state index in [-0.39, 0.29) is 11.3 Å². The monoisotopic (exact) mass is 310 g/mol. The molecule has 23 heavy (non-hydrogen) atoms. The summed E-state index contributed by atoms with van der Waals surface area (Å²) in [6.45, 7) is 1.64. The summed E-state index contributed by atoms with van der Waals surface area (Å²) in [7, 11) is 0. The summed E-state index contributed by atoms with van der Waals surface area (Å²) < 4.78 is 0. The molecule has 1 unspecified atom stereocenters. The minimum absolute atomic E-state index is 0.187. The Morgan fingerprint density at radius 3 is 2.43 bits per heavy atom. The first-order valence-electron chi connectivity index (χ1n) is 6.64. The maximum atomic E-state index is 11.4. The molecule has 0 spiro atoms. The quantitative estimate of drug-likeness (QED) is 0.662. The zero-order chi connectivity index (χ0) is 17.0. The van der Waals surface area contributed by atoms with Crippen molar-refractivity contribution in [3.05, 3.63) is 69.3 Å². The minimum Gasteiger partial charge on any atom is -0.548 e. The zero-order valence-electron chi connectivity index (χ0n) is 12.1. The number of carbonyl (C=O) groups excluding carboxylic acids is 1. The van der Waals surface area contributed by atoms with Crippen molar-refractivity contribution >= 4 is 17.3 Å². The molecular weight excluding hydrogens is 298 g/mol. The van der Waals surface area contributed by atoms with E-state index in [4.69, 9.17) is 5.26 Å². The maximum absolute atomic E-state index is 11.4. The number of rotatable bonds is 5. The Balaban J connectivity index is 2.36. The highest BCUT2D eigenvalue weighted by Gasteiger charge is 2.17. The van der Waals surface area contributed by atoms with Gasteiger partial charge in [0, 0.05) is 17.8 Å². The third kappa shape index (κ3) is 3.83. The van der Waals surface area contributed by atoms with E-state index in [9.17, 15) is 20.0 Å². The number of anilines is 1. The van der Waals surface area contributed by atoms with Gasteiger partial charge in [0.15, 0.2) is 0 Å². The van der Waals surface area contributed by atoms with E-state index in [0.717, 1.165) is 0 Å². The van der Waals surface area contributed by atoms with Crippen molar-refractivity contribution in [2.45, 2.75) is 13.0 Å². The Bertz CT molecular complexity index is 794. The van der Waals surface area contributed by atoms with Crippen molar-refractivity contribution in [1.82, 2.24) is 0 Å². The zero-order valence-corrected chi connectivity index (χ0v) is 12.1. The van der Waals surface area contributed by atoms with Crippen molar-refractivity contribution < 1.29 is 14.8 Å². The number of aliphatic carboxylic acids is 1. The molecule has 0 amide bonds. The second-order valence-corrected chi connectivity index (χ2v) is 4.94. The number of aryl methyl sites for hydroxylation is 1. The van der Waals surface area contributed by atoms with Crippen LogP contribution in [0.15, 0.2) is 42.5 Å². The summed E-state index contributed by atoms with van der Waals surface area (Å²) in [5, 5.41) is 33.8. The number of hydrogen-bond donors (Lipinski definition) is 1. The van der Waals surface area contributed by atoms with Gasteiger partial charge in [0.05, 0.1) is 28.6 Å². The van der Waals surface area contributed by atoms with Gasteiger partial charge in [-0.15, -0.1) is 0 Å². The molecule has 1 N–H and O–H groups in total. The van der Waals surface area contributed by atoms with Crippen LogP contribution in [0, 0.1) is 28.4 Å². The van der Waals surface area contributed by atoms with Crippen LogP contribution in [0.4, 0.5) is 11.4 Å². The Labute approximate surface area is 131 Å². The SMILES string of the molecule is Cc1cc(C(Nc2ccc(C#N)cc2)C(=O)[O-])cc([N+](=O)[O-])c1. The van der Waals surface area contributed by atoms with Crippen LogP contribution < -0.4 is 10.4 Å². The van der Waals surface area contributed by atoms with E-state index < -0.39 is 16.9 Å². The highest BCUT2D eigenvalue weighted by Crippen LogP contribution is 2.25. The van der Waals surface area contributed by atoms with Gasteiger partial charge in [-0.05, 0) is 42.3 Å². The summed E-state index contributed by atoms with van der Waals surface area (Å²) in [4.78, 5) is 21.8. The molecule has 116 valence electrons. The molecule has 0 aromatic heterocycles. The number of carboxylic acids is 1. The van der Waals surface area contributed by atoms with Crippen LogP contribution in [0.2, 0.25) is 0 Å². The largest absolute Gasteiger partial charge is 0.548 e. The minimum atomic E-state index is -1.41. The number of nitro benzene ring substituents is 1. The summed E-state index contributed by atoms with van der Waals surface area (Å²) in [5.74, 6) is -1.41. The van der Waals surface area contributed by atoms with Gasteiger partial charge in [0.1, 0.15) is 0 Å². The number of nitrogens with zero attached hydrogens (tertiary/aromatic N) is 2. The van der Waals surface area contributed by atoms with Crippen LogP contribution in [-0.4, -0.2) is 10.9 Å². The van der Waals surface area contributed by atoms with Crippen LogP contribution in [-0.2, 0) is 4.79 Å². The molecule has 0 fully saturated rings. The Morgan fingerprint density at radius 2 is 1.91 bits per heavy atom. The van der Waals surface area contributed by atoms with Crippen molar-refractivity contribution in [3.63, 3.8) is 0 Å². The molecule has 0 aliphatic heterocycles. The fourth-order valence-corrected chi connectivity index (χ4v) is 2.15. The van der Waals surface area contributed by atoms with Gasteiger partial charge < -0.3 is 15.2 Å². The molecule has 0 aliphatic carbocycles. The lowest BCUT2D eigenvalue weighted by atomic mass is 10.0. The normalized spacial score (nSPS) is 11.3. The van der Waals surface area contributed by atoms with E-state index in [2.05, 4.69) is 5.32 Å². The van der Waals surface area contributed by atoms with Gasteiger partial charge in [-0.25, -0.2) is 0 Å². The maximum Gasteiger partial charge on any atom is 0.270 e. The molecule has 0 heterocycles. The molecule has 0 radical (unpaired) electrons. The highest BCUT2D eigenvalue weighted by atomic mass is 16.6. The molecule has 0 bridgehead atoms. The molecule has 2 aromatic carbocycles. The molecule has 0 aliphatic rings. The standard InChI is InChI=1S/C16H13N3O4/c1-10-6-12(8-14(7-10)19(22)23)15(16(20)21)18-13-4-2-11(9-17)3-5-13/h2-8,15,18H,1H3,(H,20,21)/p-1. The van der Waals surface area contributed by atoms with Crippen LogP contribution in [0.5, 0.6) is 0 Å². The van der Waals surface area contributed by atoms with Gasteiger partial charge in [-0.1, -0.05) is 6.07 Å². The van der Waals surface area contributed by atoms with Gasteiger partial charge in [-0.2, -0.15) is 5.26 Å². The number of nitro groups is 1. The number of nitriles is 1. The van der Waals surface area contributed by atoms with E-state index in [1.165, 1.54) is 24.3 Å². The summed E-state index contributed by atoms with van der Waals surface area (Å²) >= 11 is 0. The molecule has 7 nitrogen and oxygen atoms in total. The number of carboxylic acid groups (broad SMARTS) is 1. The number of nitrogens with one attached hydrogen (secondary N) is 1. The molecule has 0 saturated carbocycles. The predicted molar refractivity (Wildman–Crippen MR) is 80.4 cm³/mol. The molecule has 2 rings (SSSR count). The summed E-state index contributed by atoms with van der Waals surface area (Å²) in [6, 6.07) is 11.0. The van der Waals surface area contributed by atoms with Gasteiger partial charge >= 0.3 is 0 Å². The van der Waals surface area contributed by atoms with Crippen molar-refractivity contribution in [1.29, 1.82) is 5.26 Å². The number of non-ortho nitro benzene ring substituents is 1. The molecule has 0 saturated heterocycles. The van der Waals surface area contributed by atoms with Crippen LogP contribution in [0.1, 0.15) is 22.7 Å².